The number of fused-ring (bicyclic) bond motifs is 1. The molecule has 0 unspecified atom stereocenters. The minimum Gasteiger partial charge on any atom is -0.491 e. The molecule has 0 radical (unpaired) electrons. The van der Waals surface area contributed by atoms with Crippen LogP contribution in [0.1, 0.15) is 19.4 Å². The summed E-state index contributed by atoms with van der Waals surface area (Å²) in [5.74, 6) is 1.39. The summed E-state index contributed by atoms with van der Waals surface area (Å²) in [4.78, 5) is 4.40. The number of nitrogens with zero attached hydrogens (tertiary/aromatic N) is 2. The minimum atomic E-state index is 0.127. The Morgan fingerprint density at radius 3 is 2.72 bits per heavy atom. The number of nitrogens with one attached hydrogen (secondary N) is 1. The molecule has 0 fully saturated rings. The number of benzene rings is 1. The fourth-order valence-electron chi connectivity index (χ4n) is 1.78. The van der Waals surface area contributed by atoms with Crippen LogP contribution in [0.5, 0.6) is 5.75 Å². The third kappa shape index (κ3) is 2.35. The van der Waals surface area contributed by atoms with E-state index < -0.39 is 0 Å². The molecule has 0 aliphatic heterocycles. The molecule has 1 aromatic carbocycles. The molecule has 92 valence electrons. The van der Waals surface area contributed by atoms with Crippen molar-refractivity contribution in [1.82, 2.24) is 4.98 Å². The van der Waals surface area contributed by atoms with Crippen molar-refractivity contribution >= 4 is 16.7 Å². The molecule has 0 spiro atoms. The quantitative estimate of drug-likeness (QED) is 0.897. The maximum absolute atomic E-state index is 9.06. The average Bonchev–Trinajstić information content (AvgIpc) is 2.36. The third-order valence-corrected chi connectivity index (χ3v) is 2.52. The second kappa shape index (κ2) is 4.92. The first-order valence-corrected chi connectivity index (χ1v) is 5.83. The summed E-state index contributed by atoms with van der Waals surface area (Å²) in [6, 6.07) is 9.65. The normalized spacial score (nSPS) is 10.4. The summed E-state index contributed by atoms with van der Waals surface area (Å²) in [5.41, 5.74) is 1.38. The van der Waals surface area contributed by atoms with Gasteiger partial charge in [-0.2, -0.15) is 5.26 Å². The van der Waals surface area contributed by atoms with Crippen molar-refractivity contribution < 1.29 is 4.74 Å². The first-order chi connectivity index (χ1) is 8.63. The smallest absolute Gasteiger partial charge is 0.144 e. The highest BCUT2D eigenvalue weighted by atomic mass is 16.5. The maximum atomic E-state index is 9.06. The molecule has 2 aromatic rings. The van der Waals surface area contributed by atoms with Gasteiger partial charge in [-0.15, -0.1) is 0 Å². The zero-order valence-electron chi connectivity index (χ0n) is 10.7. The lowest BCUT2D eigenvalue weighted by molar-refractivity contribution is 0.243. The molecule has 0 aliphatic rings. The Labute approximate surface area is 106 Å². The van der Waals surface area contributed by atoms with Crippen LogP contribution in [0.25, 0.3) is 10.9 Å². The first kappa shape index (κ1) is 12.2. The van der Waals surface area contributed by atoms with Gasteiger partial charge in [0.05, 0.1) is 17.2 Å². The van der Waals surface area contributed by atoms with Gasteiger partial charge in [-0.25, -0.2) is 4.98 Å². The molecule has 18 heavy (non-hydrogen) atoms. The lowest BCUT2D eigenvalue weighted by Gasteiger charge is -2.11. The Balaban J connectivity index is 2.53. The molecule has 1 aromatic heterocycles. The Hall–Kier alpha value is -2.28. The Kier molecular flexibility index (Phi) is 3.33. The minimum absolute atomic E-state index is 0.127. The van der Waals surface area contributed by atoms with Crippen LogP contribution >= 0.6 is 0 Å². The van der Waals surface area contributed by atoms with Crippen molar-refractivity contribution in [1.29, 1.82) is 5.26 Å². The van der Waals surface area contributed by atoms with E-state index in [4.69, 9.17) is 10.00 Å². The largest absolute Gasteiger partial charge is 0.491 e. The summed E-state index contributed by atoms with van der Waals surface area (Å²) >= 11 is 0. The van der Waals surface area contributed by atoms with Crippen LogP contribution < -0.4 is 10.1 Å². The number of ether oxygens (including phenoxy) is 1. The van der Waals surface area contributed by atoms with Crippen LogP contribution in [0, 0.1) is 11.3 Å². The molecular weight excluding hydrogens is 226 g/mol. The van der Waals surface area contributed by atoms with Crippen molar-refractivity contribution in [2.75, 3.05) is 12.4 Å². The molecule has 1 N–H and O–H groups in total. The highest BCUT2D eigenvalue weighted by Gasteiger charge is 2.06. The molecule has 0 amide bonds. The number of hydrogen-bond donors (Lipinski definition) is 1. The maximum Gasteiger partial charge on any atom is 0.144 e. The van der Waals surface area contributed by atoms with E-state index in [-0.39, 0.29) is 6.10 Å². The Bertz CT molecular complexity index is 614. The van der Waals surface area contributed by atoms with Gasteiger partial charge in [0, 0.05) is 12.4 Å². The molecule has 0 atom stereocenters. The van der Waals surface area contributed by atoms with E-state index >= 15 is 0 Å². The predicted molar refractivity (Wildman–Crippen MR) is 71.8 cm³/mol. The third-order valence-electron chi connectivity index (χ3n) is 2.52. The zero-order valence-corrected chi connectivity index (χ0v) is 10.7. The van der Waals surface area contributed by atoms with E-state index in [1.165, 1.54) is 0 Å². The van der Waals surface area contributed by atoms with Crippen LogP contribution in [0.4, 0.5) is 5.82 Å². The molecule has 0 aliphatic carbocycles. The fourth-order valence-corrected chi connectivity index (χ4v) is 1.78. The van der Waals surface area contributed by atoms with Gasteiger partial charge in [0.2, 0.25) is 0 Å². The molecule has 0 saturated heterocycles. The van der Waals surface area contributed by atoms with E-state index in [9.17, 15) is 0 Å². The van der Waals surface area contributed by atoms with Gasteiger partial charge in [-0.1, -0.05) is 0 Å². The monoisotopic (exact) mass is 241 g/mol. The van der Waals surface area contributed by atoms with Gasteiger partial charge >= 0.3 is 0 Å². The average molecular weight is 241 g/mol. The number of aromatic nitrogens is 1. The Morgan fingerprint density at radius 1 is 1.33 bits per heavy atom. The number of rotatable bonds is 3. The summed E-state index contributed by atoms with van der Waals surface area (Å²) in [6.45, 7) is 3.96. The summed E-state index contributed by atoms with van der Waals surface area (Å²) in [5, 5.41) is 12.9. The number of hydrogen-bond acceptors (Lipinski definition) is 4. The second-order valence-corrected chi connectivity index (χ2v) is 4.27. The van der Waals surface area contributed by atoms with Gasteiger partial charge in [0.15, 0.2) is 0 Å². The molecule has 2 rings (SSSR count). The molecule has 4 nitrogen and oxygen atoms in total. The lowest BCUT2D eigenvalue weighted by Crippen LogP contribution is -2.05. The first-order valence-electron chi connectivity index (χ1n) is 5.83. The molecule has 1 heterocycles. The molecule has 4 heteroatoms. The van der Waals surface area contributed by atoms with Gasteiger partial charge in [0.1, 0.15) is 17.6 Å². The standard InChI is InChI=1S/C14H15N3O/c1-9(2)18-12-4-5-13-10(7-12)6-11(8-15)14(16-3)17-13/h4-7,9H,1-3H3,(H,16,17). The molecular formula is C14H15N3O. The summed E-state index contributed by atoms with van der Waals surface area (Å²) < 4.78 is 5.63. The van der Waals surface area contributed by atoms with Gasteiger partial charge in [-0.3, -0.25) is 0 Å². The second-order valence-electron chi connectivity index (χ2n) is 4.27. The van der Waals surface area contributed by atoms with Crippen LogP contribution in [0.15, 0.2) is 24.3 Å². The SMILES string of the molecule is CNc1nc2ccc(OC(C)C)cc2cc1C#N. The van der Waals surface area contributed by atoms with Crippen molar-refractivity contribution in [3.63, 3.8) is 0 Å². The Morgan fingerprint density at radius 2 is 2.11 bits per heavy atom. The van der Waals surface area contributed by atoms with E-state index in [1.54, 1.807) is 7.05 Å². The highest BCUT2D eigenvalue weighted by Crippen LogP contribution is 2.24. The lowest BCUT2D eigenvalue weighted by atomic mass is 10.1. The number of nitriles is 1. The van der Waals surface area contributed by atoms with E-state index in [1.807, 2.05) is 38.1 Å². The van der Waals surface area contributed by atoms with Crippen LogP contribution in [0.3, 0.4) is 0 Å². The predicted octanol–water partition coefficient (Wildman–Crippen LogP) is 2.94. The number of pyridine rings is 1. The topological polar surface area (TPSA) is 57.9 Å². The van der Waals surface area contributed by atoms with E-state index in [2.05, 4.69) is 16.4 Å². The van der Waals surface area contributed by atoms with Crippen LogP contribution in [0.2, 0.25) is 0 Å². The van der Waals surface area contributed by atoms with Gasteiger partial charge in [0.25, 0.3) is 0 Å². The van der Waals surface area contributed by atoms with E-state index in [0.717, 1.165) is 16.7 Å². The van der Waals surface area contributed by atoms with Gasteiger partial charge < -0.3 is 10.1 Å². The van der Waals surface area contributed by atoms with Crippen LogP contribution in [-0.4, -0.2) is 18.1 Å². The summed E-state index contributed by atoms with van der Waals surface area (Å²) in [6.07, 6.45) is 0.127. The van der Waals surface area contributed by atoms with Gasteiger partial charge in [-0.05, 0) is 38.1 Å². The van der Waals surface area contributed by atoms with Crippen molar-refractivity contribution in [3.05, 3.63) is 29.8 Å². The summed E-state index contributed by atoms with van der Waals surface area (Å²) in [7, 11) is 1.76. The van der Waals surface area contributed by atoms with Crippen molar-refractivity contribution in [3.8, 4) is 11.8 Å². The van der Waals surface area contributed by atoms with Crippen molar-refractivity contribution in [2.45, 2.75) is 20.0 Å². The molecule has 0 saturated carbocycles. The highest BCUT2D eigenvalue weighted by molar-refractivity contribution is 5.84. The van der Waals surface area contributed by atoms with Crippen LogP contribution in [-0.2, 0) is 0 Å². The number of anilines is 1. The molecule has 0 bridgehead atoms. The van der Waals surface area contributed by atoms with Crippen molar-refractivity contribution in [2.24, 2.45) is 0 Å². The zero-order chi connectivity index (χ0) is 13.1. The van der Waals surface area contributed by atoms with E-state index in [0.29, 0.717) is 11.4 Å². The fraction of sp³-hybridized carbons (Fsp3) is 0.286.